The number of amides is 1. The second-order valence-corrected chi connectivity index (χ2v) is 6.82. The molecular weight excluding hydrogens is 359 g/mol. The van der Waals surface area contributed by atoms with Crippen molar-refractivity contribution in [2.24, 2.45) is 0 Å². The number of benzene rings is 2. The Morgan fingerprint density at radius 1 is 1.12 bits per heavy atom. The van der Waals surface area contributed by atoms with Gasteiger partial charge in [0.1, 0.15) is 5.82 Å². The number of hydrogen-bond acceptors (Lipinski definition) is 3. The number of anilines is 1. The van der Waals surface area contributed by atoms with Gasteiger partial charge in [-0.3, -0.25) is 4.79 Å². The molecule has 128 valence electrons. The van der Waals surface area contributed by atoms with Crippen LogP contribution in [0.4, 0.5) is 10.1 Å². The minimum Gasteiger partial charge on any atom is -0.374 e. The second-order valence-electron chi connectivity index (χ2n) is 5.40. The van der Waals surface area contributed by atoms with Gasteiger partial charge >= 0.3 is 0 Å². The van der Waals surface area contributed by atoms with E-state index in [1.807, 2.05) is 47.8 Å². The van der Waals surface area contributed by atoms with Crippen LogP contribution in [0.3, 0.4) is 0 Å². The van der Waals surface area contributed by atoms with Gasteiger partial charge in [0.05, 0.1) is 18.3 Å². The number of rotatable bonds is 6. The van der Waals surface area contributed by atoms with Crippen LogP contribution in [-0.2, 0) is 4.79 Å². The average molecular weight is 375 g/mol. The Kier molecular flexibility index (Phi) is 5.68. The first-order valence-corrected chi connectivity index (χ1v) is 8.96. The number of hydrogen-bond donors (Lipinski definition) is 2. The van der Waals surface area contributed by atoms with Crippen molar-refractivity contribution in [1.29, 1.82) is 0 Å². The number of halogens is 2. The quantitative estimate of drug-likeness (QED) is 0.647. The van der Waals surface area contributed by atoms with E-state index in [2.05, 4.69) is 10.6 Å². The molecule has 0 spiro atoms. The fraction of sp³-hybridized carbons (Fsp3) is 0.105. The summed E-state index contributed by atoms with van der Waals surface area (Å²) in [5, 5.41) is 8.08. The van der Waals surface area contributed by atoms with Gasteiger partial charge in [0, 0.05) is 9.90 Å². The maximum absolute atomic E-state index is 13.8. The van der Waals surface area contributed by atoms with E-state index in [0.717, 1.165) is 10.4 Å². The van der Waals surface area contributed by atoms with Gasteiger partial charge < -0.3 is 10.6 Å². The van der Waals surface area contributed by atoms with Gasteiger partial charge in [-0.15, -0.1) is 11.3 Å². The lowest BCUT2D eigenvalue weighted by Gasteiger charge is -2.18. The molecule has 1 atom stereocenters. The van der Waals surface area contributed by atoms with E-state index in [9.17, 15) is 9.18 Å². The average Bonchev–Trinajstić information content (AvgIpc) is 3.14. The zero-order valence-corrected chi connectivity index (χ0v) is 14.8. The minimum atomic E-state index is -0.488. The summed E-state index contributed by atoms with van der Waals surface area (Å²) in [6, 6.07) is 17.7. The molecule has 1 aromatic heterocycles. The first-order chi connectivity index (χ1) is 12.1. The van der Waals surface area contributed by atoms with E-state index >= 15 is 0 Å². The molecule has 2 N–H and O–H groups in total. The van der Waals surface area contributed by atoms with Crippen molar-refractivity contribution in [1.82, 2.24) is 5.32 Å². The molecule has 0 aliphatic heterocycles. The standard InChI is InChI=1S/C19H16ClFN2OS/c20-14-8-9-16(15(21)11-14)22-12-18(24)23-19(17-7-4-10-25-17)13-5-2-1-3-6-13/h1-11,19,22H,12H2,(H,23,24)/t19-/m0/s1. The Bertz CT molecular complexity index is 840. The molecule has 2 aromatic carbocycles. The Morgan fingerprint density at radius 2 is 1.92 bits per heavy atom. The van der Waals surface area contributed by atoms with Crippen LogP contribution in [0.2, 0.25) is 5.02 Å². The Hall–Kier alpha value is -2.37. The lowest BCUT2D eigenvalue weighted by atomic mass is 10.1. The number of carbonyl (C=O) groups is 1. The molecule has 25 heavy (non-hydrogen) atoms. The molecule has 0 radical (unpaired) electrons. The normalized spacial score (nSPS) is 11.8. The smallest absolute Gasteiger partial charge is 0.240 e. The third-order valence-corrected chi connectivity index (χ3v) is 4.81. The highest BCUT2D eigenvalue weighted by Crippen LogP contribution is 2.26. The largest absolute Gasteiger partial charge is 0.374 e. The first-order valence-electron chi connectivity index (χ1n) is 7.70. The lowest BCUT2D eigenvalue weighted by Crippen LogP contribution is -2.33. The van der Waals surface area contributed by atoms with Crippen molar-refractivity contribution < 1.29 is 9.18 Å². The summed E-state index contributed by atoms with van der Waals surface area (Å²) < 4.78 is 13.8. The topological polar surface area (TPSA) is 41.1 Å². The predicted molar refractivity (Wildman–Crippen MR) is 101 cm³/mol. The van der Waals surface area contributed by atoms with Gasteiger partial charge in [0.15, 0.2) is 0 Å². The summed E-state index contributed by atoms with van der Waals surface area (Å²) in [4.78, 5) is 13.4. The summed E-state index contributed by atoms with van der Waals surface area (Å²) in [5.74, 6) is -0.713. The van der Waals surface area contributed by atoms with Crippen LogP contribution in [0.15, 0.2) is 66.0 Å². The molecule has 0 saturated carbocycles. The molecule has 1 amide bonds. The molecule has 3 nitrogen and oxygen atoms in total. The molecule has 0 bridgehead atoms. The van der Waals surface area contributed by atoms with Gasteiger partial charge in [0.25, 0.3) is 0 Å². The SMILES string of the molecule is O=C(CNc1ccc(Cl)cc1F)N[C@@H](c1ccccc1)c1cccs1. The molecule has 0 fully saturated rings. The molecule has 0 aliphatic rings. The van der Waals surface area contributed by atoms with E-state index in [-0.39, 0.29) is 24.2 Å². The molecule has 0 saturated heterocycles. The number of carbonyl (C=O) groups excluding carboxylic acids is 1. The summed E-state index contributed by atoms with van der Waals surface area (Å²) in [7, 11) is 0. The maximum Gasteiger partial charge on any atom is 0.240 e. The molecule has 6 heteroatoms. The highest BCUT2D eigenvalue weighted by Gasteiger charge is 2.17. The fourth-order valence-electron chi connectivity index (χ4n) is 2.44. The highest BCUT2D eigenvalue weighted by molar-refractivity contribution is 7.10. The molecule has 0 unspecified atom stereocenters. The van der Waals surface area contributed by atoms with Crippen molar-refractivity contribution in [2.45, 2.75) is 6.04 Å². The van der Waals surface area contributed by atoms with Crippen LogP contribution in [0.1, 0.15) is 16.5 Å². The van der Waals surface area contributed by atoms with Crippen molar-refractivity contribution >= 4 is 34.5 Å². The van der Waals surface area contributed by atoms with Crippen LogP contribution in [0, 0.1) is 5.82 Å². The zero-order valence-electron chi connectivity index (χ0n) is 13.2. The molecule has 1 heterocycles. The molecule has 3 rings (SSSR count). The van der Waals surface area contributed by atoms with E-state index in [4.69, 9.17) is 11.6 Å². The summed E-state index contributed by atoms with van der Waals surface area (Å²) in [5.41, 5.74) is 1.24. The van der Waals surface area contributed by atoms with Gasteiger partial charge in [-0.2, -0.15) is 0 Å². The van der Waals surface area contributed by atoms with Gasteiger partial charge in [-0.1, -0.05) is 48.0 Å². The molecule has 3 aromatic rings. The third-order valence-electron chi connectivity index (χ3n) is 3.64. The maximum atomic E-state index is 13.8. The van der Waals surface area contributed by atoms with Crippen LogP contribution in [0.5, 0.6) is 0 Å². The Morgan fingerprint density at radius 3 is 2.60 bits per heavy atom. The summed E-state index contributed by atoms with van der Waals surface area (Å²) in [6.45, 7) is -0.0345. The van der Waals surface area contributed by atoms with Crippen molar-refractivity contribution in [2.75, 3.05) is 11.9 Å². The first kappa shape index (κ1) is 17.5. The molecular formula is C19H16ClFN2OS. The van der Waals surface area contributed by atoms with Gasteiger partial charge in [-0.25, -0.2) is 4.39 Å². The van der Waals surface area contributed by atoms with Crippen LogP contribution >= 0.6 is 22.9 Å². The highest BCUT2D eigenvalue weighted by atomic mass is 35.5. The number of thiophene rings is 1. The minimum absolute atomic E-state index is 0.0345. The summed E-state index contributed by atoms with van der Waals surface area (Å²) >= 11 is 7.30. The monoisotopic (exact) mass is 374 g/mol. The van der Waals surface area contributed by atoms with Crippen molar-refractivity contribution in [3.63, 3.8) is 0 Å². The van der Waals surface area contributed by atoms with Crippen LogP contribution < -0.4 is 10.6 Å². The van der Waals surface area contributed by atoms with Crippen molar-refractivity contribution in [3.05, 3.63) is 87.3 Å². The zero-order chi connectivity index (χ0) is 17.6. The van der Waals surface area contributed by atoms with E-state index < -0.39 is 5.82 Å². The van der Waals surface area contributed by atoms with E-state index in [1.165, 1.54) is 12.1 Å². The van der Waals surface area contributed by atoms with Gasteiger partial charge in [0.2, 0.25) is 5.91 Å². The van der Waals surface area contributed by atoms with Crippen molar-refractivity contribution in [3.8, 4) is 0 Å². The van der Waals surface area contributed by atoms with E-state index in [0.29, 0.717) is 5.02 Å². The second kappa shape index (κ2) is 8.14. The summed E-state index contributed by atoms with van der Waals surface area (Å²) in [6.07, 6.45) is 0. The van der Waals surface area contributed by atoms with Crippen LogP contribution in [-0.4, -0.2) is 12.5 Å². The van der Waals surface area contributed by atoms with Gasteiger partial charge in [-0.05, 0) is 35.2 Å². The number of nitrogens with one attached hydrogen (secondary N) is 2. The lowest BCUT2D eigenvalue weighted by molar-refractivity contribution is -0.119. The predicted octanol–water partition coefficient (Wildman–Crippen LogP) is 4.86. The Labute approximate surface area is 154 Å². The molecule has 0 aliphatic carbocycles. The third kappa shape index (κ3) is 4.59. The van der Waals surface area contributed by atoms with E-state index in [1.54, 1.807) is 17.4 Å². The van der Waals surface area contributed by atoms with Crippen LogP contribution in [0.25, 0.3) is 0 Å². The fourth-order valence-corrected chi connectivity index (χ4v) is 3.40. The Balaban J connectivity index is 1.68.